The van der Waals surface area contributed by atoms with E-state index in [9.17, 15) is 9.59 Å². The highest BCUT2D eigenvalue weighted by Crippen LogP contribution is 2.41. The maximum absolute atomic E-state index is 12.0. The van der Waals surface area contributed by atoms with Crippen molar-refractivity contribution in [1.29, 1.82) is 0 Å². The van der Waals surface area contributed by atoms with Crippen LogP contribution in [0, 0.1) is 17.3 Å². The van der Waals surface area contributed by atoms with E-state index in [1.807, 2.05) is 0 Å². The molecule has 1 atom stereocenters. The number of hydrogen-bond donors (Lipinski definition) is 2. The minimum atomic E-state index is -0.801. The molecule has 2 rings (SSSR count). The number of likely N-dealkylation sites (tertiary alicyclic amines) is 1. The number of aliphatic carboxylic acids is 1. The summed E-state index contributed by atoms with van der Waals surface area (Å²) < 4.78 is 0. The molecule has 1 heterocycles. The van der Waals surface area contributed by atoms with Gasteiger partial charge in [-0.2, -0.15) is 0 Å². The molecule has 2 N–H and O–H groups in total. The lowest BCUT2D eigenvalue weighted by atomic mass is 9.67. The number of carboxylic acids is 1. The third-order valence-electron chi connectivity index (χ3n) is 4.73. The number of carbonyl (C=O) groups excluding carboxylic acids is 1. The van der Waals surface area contributed by atoms with Crippen molar-refractivity contribution in [2.45, 2.75) is 39.5 Å². The van der Waals surface area contributed by atoms with Gasteiger partial charge in [0.25, 0.3) is 0 Å². The summed E-state index contributed by atoms with van der Waals surface area (Å²) in [6.07, 6.45) is 4.38. The van der Waals surface area contributed by atoms with Gasteiger partial charge in [-0.25, -0.2) is 4.79 Å². The second-order valence-corrected chi connectivity index (χ2v) is 6.54. The maximum atomic E-state index is 12.0. The molecule has 1 saturated carbocycles. The molecule has 1 aliphatic heterocycles. The number of carbonyl (C=O) groups is 2. The Balaban J connectivity index is 1.77. The summed E-state index contributed by atoms with van der Waals surface area (Å²) in [7, 11) is 0. The molecule has 5 heteroatoms. The van der Waals surface area contributed by atoms with Gasteiger partial charge in [0.2, 0.25) is 0 Å². The van der Waals surface area contributed by atoms with Crippen LogP contribution >= 0.6 is 0 Å². The average molecular weight is 268 g/mol. The van der Waals surface area contributed by atoms with E-state index in [1.165, 1.54) is 19.3 Å². The predicted molar refractivity (Wildman–Crippen MR) is 71.8 cm³/mol. The van der Waals surface area contributed by atoms with Gasteiger partial charge in [-0.15, -0.1) is 0 Å². The minimum Gasteiger partial charge on any atom is -0.481 e. The van der Waals surface area contributed by atoms with Gasteiger partial charge in [0.05, 0.1) is 5.92 Å². The highest BCUT2D eigenvalue weighted by molar-refractivity contribution is 5.77. The summed E-state index contributed by atoms with van der Waals surface area (Å²) in [4.78, 5) is 24.5. The van der Waals surface area contributed by atoms with Crippen LogP contribution in [0.3, 0.4) is 0 Å². The van der Waals surface area contributed by atoms with Gasteiger partial charge >= 0.3 is 12.0 Å². The Kier molecular flexibility index (Phi) is 4.02. The lowest BCUT2D eigenvalue weighted by molar-refractivity contribution is -0.141. The highest BCUT2D eigenvalue weighted by atomic mass is 16.4. The summed E-state index contributed by atoms with van der Waals surface area (Å²) in [5, 5.41) is 11.9. The Morgan fingerprint density at radius 1 is 1.32 bits per heavy atom. The molecule has 2 fully saturated rings. The van der Waals surface area contributed by atoms with Crippen molar-refractivity contribution in [3.63, 3.8) is 0 Å². The number of nitrogens with zero attached hydrogens (tertiary/aromatic N) is 1. The first-order chi connectivity index (χ1) is 8.90. The quantitative estimate of drug-likeness (QED) is 0.818. The van der Waals surface area contributed by atoms with Crippen molar-refractivity contribution in [2.75, 3.05) is 19.6 Å². The third kappa shape index (κ3) is 3.19. The normalized spacial score (nSPS) is 24.1. The van der Waals surface area contributed by atoms with Crippen molar-refractivity contribution in [1.82, 2.24) is 10.2 Å². The van der Waals surface area contributed by atoms with Crippen LogP contribution in [0.1, 0.15) is 39.5 Å². The number of urea groups is 1. The van der Waals surface area contributed by atoms with Crippen LogP contribution in [0.25, 0.3) is 0 Å². The van der Waals surface area contributed by atoms with Gasteiger partial charge in [-0.05, 0) is 30.6 Å². The monoisotopic (exact) mass is 268 g/mol. The number of carboxylic acid groups (broad SMARTS) is 1. The van der Waals surface area contributed by atoms with E-state index >= 15 is 0 Å². The lowest BCUT2D eigenvalue weighted by Crippen LogP contribution is -2.45. The molecule has 1 aliphatic carbocycles. The molecule has 0 radical (unpaired) electrons. The van der Waals surface area contributed by atoms with Crippen molar-refractivity contribution >= 4 is 12.0 Å². The van der Waals surface area contributed by atoms with Crippen LogP contribution in [0.4, 0.5) is 4.79 Å². The molecule has 0 aromatic carbocycles. The predicted octanol–water partition coefficient (Wildman–Crippen LogP) is 1.93. The van der Waals surface area contributed by atoms with Gasteiger partial charge in [0.15, 0.2) is 0 Å². The maximum Gasteiger partial charge on any atom is 0.317 e. The summed E-state index contributed by atoms with van der Waals surface area (Å²) in [6.45, 7) is 5.95. The number of rotatable bonds is 4. The lowest BCUT2D eigenvalue weighted by Gasteiger charge is -2.40. The molecule has 1 saturated heterocycles. The topological polar surface area (TPSA) is 69.6 Å². The molecule has 0 bridgehead atoms. The second kappa shape index (κ2) is 5.39. The Morgan fingerprint density at radius 3 is 2.47 bits per heavy atom. The molecular formula is C14H24N2O3. The van der Waals surface area contributed by atoms with E-state index in [0.29, 0.717) is 32.0 Å². The van der Waals surface area contributed by atoms with E-state index < -0.39 is 11.9 Å². The summed E-state index contributed by atoms with van der Waals surface area (Å²) in [6, 6.07) is -0.115. The van der Waals surface area contributed by atoms with Crippen LogP contribution in [-0.4, -0.2) is 41.6 Å². The van der Waals surface area contributed by atoms with Gasteiger partial charge in [-0.3, -0.25) is 4.79 Å². The second-order valence-electron chi connectivity index (χ2n) is 6.54. The van der Waals surface area contributed by atoms with Crippen LogP contribution in [0.2, 0.25) is 0 Å². The molecule has 0 spiro atoms. The van der Waals surface area contributed by atoms with Gasteiger partial charge in [0.1, 0.15) is 0 Å². The fourth-order valence-electron chi connectivity index (χ4n) is 2.90. The third-order valence-corrected chi connectivity index (χ3v) is 4.73. The standard InChI is InChI=1S/C14H24N2O3/c1-14(2,11-4-3-5-11)9-15-13(19)16-7-6-10(8-16)12(17)18/h10-11H,3-9H2,1-2H3,(H,15,19)(H,17,18). The van der Waals surface area contributed by atoms with Crippen molar-refractivity contribution in [2.24, 2.45) is 17.3 Å². The molecule has 1 unspecified atom stereocenters. The fourth-order valence-corrected chi connectivity index (χ4v) is 2.90. The first kappa shape index (κ1) is 14.2. The molecule has 19 heavy (non-hydrogen) atoms. The van der Waals surface area contributed by atoms with Gasteiger partial charge in [-0.1, -0.05) is 20.3 Å². The van der Waals surface area contributed by atoms with Crippen molar-refractivity contribution < 1.29 is 14.7 Å². The summed E-state index contributed by atoms with van der Waals surface area (Å²) >= 11 is 0. The average Bonchev–Trinajstić information content (AvgIpc) is 2.72. The highest BCUT2D eigenvalue weighted by Gasteiger charge is 2.35. The van der Waals surface area contributed by atoms with E-state index in [-0.39, 0.29) is 11.4 Å². The zero-order chi connectivity index (χ0) is 14.0. The molecule has 108 valence electrons. The Labute approximate surface area is 114 Å². The van der Waals surface area contributed by atoms with E-state index in [2.05, 4.69) is 19.2 Å². The summed E-state index contributed by atoms with van der Waals surface area (Å²) in [5.41, 5.74) is 0.139. The van der Waals surface area contributed by atoms with Gasteiger partial charge < -0.3 is 15.3 Å². The molecule has 5 nitrogen and oxygen atoms in total. The molecule has 0 aromatic rings. The SMILES string of the molecule is CC(C)(CNC(=O)N1CCC(C(=O)O)C1)C1CCC1. The number of hydrogen-bond acceptors (Lipinski definition) is 2. The Bertz CT molecular complexity index is 364. The molecular weight excluding hydrogens is 244 g/mol. The van der Waals surface area contributed by atoms with Crippen LogP contribution in [0.5, 0.6) is 0 Å². The smallest absolute Gasteiger partial charge is 0.317 e. The van der Waals surface area contributed by atoms with Gasteiger partial charge in [0, 0.05) is 19.6 Å². The van der Waals surface area contributed by atoms with Crippen molar-refractivity contribution in [3.8, 4) is 0 Å². The molecule has 0 aromatic heterocycles. The molecule has 2 aliphatic rings. The Hall–Kier alpha value is -1.26. The van der Waals surface area contributed by atoms with Crippen LogP contribution < -0.4 is 5.32 Å². The zero-order valence-corrected chi connectivity index (χ0v) is 11.8. The molecule has 2 amide bonds. The number of nitrogens with one attached hydrogen (secondary N) is 1. The van der Waals surface area contributed by atoms with E-state index in [4.69, 9.17) is 5.11 Å². The fraction of sp³-hybridized carbons (Fsp3) is 0.857. The Morgan fingerprint density at radius 2 is 2.00 bits per heavy atom. The van der Waals surface area contributed by atoms with E-state index in [0.717, 1.165) is 0 Å². The van der Waals surface area contributed by atoms with Crippen LogP contribution in [0.15, 0.2) is 0 Å². The van der Waals surface area contributed by atoms with Crippen LogP contribution in [-0.2, 0) is 4.79 Å². The largest absolute Gasteiger partial charge is 0.481 e. The first-order valence-electron chi connectivity index (χ1n) is 7.16. The zero-order valence-electron chi connectivity index (χ0n) is 11.8. The minimum absolute atomic E-state index is 0.115. The number of amides is 2. The first-order valence-corrected chi connectivity index (χ1v) is 7.16. The van der Waals surface area contributed by atoms with Crippen molar-refractivity contribution in [3.05, 3.63) is 0 Å². The summed E-state index contributed by atoms with van der Waals surface area (Å²) in [5.74, 6) is -0.492. The van der Waals surface area contributed by atoms with E-state index in [1.54, 1.807) is 4.90 Å².